The van der Waals surface area contributed by atoms with Gasteiger partial charge in [-0.2, -0.15) is 0 Å². The third-order valence-corrected chi connectivity index (χ3v) is 9.14. The van der Waals surface area contributed by atoms with Gasteiger partial charge in [-0.1, -0.05) is 69.2 Å². The van der Waals surface area contributed by atoms with E-state index in [9.17, 15) is 14.4 Å². The zero-order valence-electron chi connectivity index (χ0n) is 27.8. The van der Waals surface area contributed by atoms with E-state index in [0.717, 1.165) is 61.1 Å². The summed E-state index contributed by atoms with van der Waals surface area (Å²) in [6.07, 6.45) is 11.9. The highest BCUT2D eigenvalue weighted by Crippen LogP contribution is 2.53. The molecule has 0 saturated heterocycles. The summed E-state index contributed by atoms with van der Waals surface area (Å²) >= 11 is 0. The first kappa shape index (κ1) is 33.9. The van der Waals surface area contributed by atoms with Gasteiger partial charge in [0.25, 0.3) is 5.91 Å². The number of methoxy groups -OCH3 is 1. The van der Waals surface area contributed by atoms with E-state index in [-0.39, 0.29) is 54.7 Å². The summed E-state index contributed by atoms with van der Waals surface area (Å²) in [5.74, 6) is -0.240. The van der Waals surface area contributed by atoms with E-state index in [1.807, 2.05) is 74.2 Å². The third kappa shape index (κ3) is 7.81. The molecule has 2 amide bonds. The summed E-state index contributed by atoms with van der Waals surface area (Å²) in [5, 5.41) is 0. The zero-order valence-corrected chi connectivity index (χ0v) is 27.8. The number of para-hydroxylation sites is 1. The van der Waals surface area contributed by atoms with Crippen molar-refractivity contribution in [2.75, 3.05) is 12.0 Å². The minimum absolute atomic E-state index is 0.00267. The Morgan fingerprint density at radius 3 is 2.31 bits per heavy atom. The van der Waals surface area contributed by atoms with Crippen molar-refractivity contribution in [2.24, 2.45) is 10.9 Å². The van der Waals surface area contributed by atoms with Crippen molar-refractivity contribution in [1.29, 1.82) is 0 Å². The van der Waals surface area contributed by atoms with Crippen molar-refractivity contribution in [3.05, 3.63) is 89.1 Å². The Kier molecular flexibility index (Phi) is 11.9. The Labute approximate surface area is 269 Å². The van der Waals surface area contributed by atoms with Crippen LogP contribution in [0.3, 0.4) is 0 Å². The summed E-state index contributed by atoms with van der Waals surface area (Å²) in [6.45, 7) is 10.2. The summed E-state index contributed by atoms with van der Waals surface area (Å²) in [7, 11) is 1.35. The van der Waals surface area contributed by atoms with E-state index in [1.54, 1.807) is 6.20 Å². The summed E-state index contributed by atoms with van der Waals surface area (Å²) in [4.78, 5) is 48.3. The molecule has 2 saturated carbocycles. The molecule has 0 aromatic heterocycles. The van der Waals surface area contributed by atoms with Crippen molar-refractivity contribution in [3.63, 3.8) is 0 Å². The molecule has 1 aliphatic heterocycles. The maximum Gasteiger partial charge on any atom is 0.306 e. The van der Waals surface area contributed by atoms with Crippen LogP contribution in [0.25, 0.3) is 0 Å². The van der Waals surface area contributed by atoms with Crippen LogP contribution >= 0.6 is 0 Å². The SMILES string of the molecule is CC.CC/C(C)=C/C=C\N=C(C)c1ccc(C(=O)N2c3ccccc3C(N(C(=O)CCC(=O)OC)C3CC3)C3CCCC32)cc1. The molecule has 3 unspecified atom stereocenters. The Hall–Kier alpha value is -4.00. The lowest BCUT2D eigenvalue weighted by Crippen LogP contribution is -2.53. The first-order valence-electron chi connectivity index (χ1n) is 16.6. The van der Waals surface area contributed by atoms with Crippen LogP contribution in [0.1, 0.15) is 114 Å². The molecular weight excluding hydrogens is 562 g/mol. The van der Waals surface area contributed by atoms with Crippen molar-refractivity contribution in [3.8, 4) is 0 Å². The molecule has 3 atom stereocenters. The molecule has 0 radical (unpaired) electrons. The molecule has 0 N–H and O–H groups in total. The Morgan fingerprint density at radius 1 is 0.956 bits per heavy atom. The molecule has 0 bridgehead atoms. The lowest BCUT2D eigenvalue weighted by Gasteiger charge is -2.48. The van der Waals surface area contributed by atoms with E-state index < -0.39 is 0 Å². The number of hydrogen-bond donors (Lipinski definition) is 0. The number of esters is 1. The van der Waals surface area contributed by atoms with Gasteiger partial charge in [-0.3, -0.25) is 19.4 Å². The van der Waals surface area contributed by atoms with E-state index >= 15 is 0 Å². The molecule has 1 heterocycles. The number of benzene rings is 2. The highest BCUT2D eigenvalue weighted by Gasteiger charge is 2.51. The van der Waals surface area contributed by atoms with Gasteiger partial charge in [0.05, 0.1) is 19.6 Å². The number of fused-ring (bicyclic) bond motifs is 2. The quantitative estimate of drug-likeness (QED) is 0.154. The Bertz CT molecular complexity index is 1440. The molecule has 7 heteroatoms. The maximum absolute atomic E-state index is 14.2. The first-order valence-corrected chi connectivity index (χ1v) is 16.6. The monoisotopic (exact) mass is 611 g/mol. The van der Waals surface area contributed by atoms with E-state index in [0.29, 0.717) is 5.56 Å². The van der Waals surface area contributed by atoms with Gasteiger partial charge in [-0.25, -0.2) is 0 Å². The molecule has 7 nitrogen and oxygen atoms in total. The van der Waals surface area contributed by atoms with Crippen molar-refractivity contribution < 1.29 is 19.1 Å². The van der Waals surface area contributed by atoms with Crippen molar-refractivity contribution in [1.82, 2.24) is 4.90 Å². The largest absolute Gasteiger partial charge is 0.469 e. The van der Waals surface area contributed by atoms with Gasteiger partial charge in [0.1, 0.15) is 0 Å². The number of hydrogen-bond acceptors (Lipinski definition) is 5. The zero-order chi connectivity index (χ0) is 32.5. The van der Waals surface area contributed by atoms with Gasteiger partial charge in [0, 0.05) is 47.6 Å². The number of carbonyl (C=O) groups is 3. The minimum atomic E-state index is -0.369. The van der Waals surface area contributed by atoms with Crippen molar-refractivity contribution >= 4 is 29.2 Å². The van der Waals surface area contributed by atoms with Gasteiger partial charge < -0.3 is 14.5 Å². The molecule has 2 fully saturated rings. The number of allylic oxidation sites excluding steroid dienone is 3. The van der Waals surface area contributed by atoms with Crippen LogP contribution in [0.4, 0.5) is 5.69 Å². The Morgan fingerprint density at radius 2 is 1.64 bits per heavy atom. The number of ether oxygens (including phenoxy) is 1. The van der Waals surface area contributed by atoms with Gasteiger partial charge in [0.15, 0.2) is 0 Å². The number of nitrogens with zero attached hydrogens (tertiary/aromatic N) is 3. The molecule has 0 spiro atoms. The third-order valence-electron chi connectivity index (χ3n) is 9.14. The fourth-order valence-corrected chi connectivity index (χ4v) is 6.57. The second-order valence-electron chi connectivity index (χ2n) is 11.9. The topological polar surface area (TPSA) is 79.3 Å². The second kappa shape index (κ2) is 15.8. The summed E-state index contributed by atoms with van der Waals surface area (Å²) in [6, 6.07) is 15.9. The van der Waals surface area contributed by atoms with Gasteiger partial charge in [-0.05, 0) is 81.4 Å². The van der Waals surface area contributed by atoms with Gasteiger partial charge in [-0.15, -0.1) is 0 Å². The van der Waals surface area contributed by atoms with Gasteiger partial charge in [0.2, 0.25) is 5.91 Å². The predicted molar refractivity (Wildman–Crippen MR) is 181 cm³/mol. The number of rotatable bonds is 10. The van der Waals surface area contributed by atoms with Crippen LogP contribution < -0.4 is 4.90 Å². The normalized spacial score (nSPS) is 21.0. The van der Waals surface area contributed by atoms with Crippen LogP contribution in [0, 0.1) is 5.92 Å². The second-order valence-corrected chi connectivity index (χ2v) is 11.9. The molecule has 240 valence electrons. The van der Waals surface area contributed by atoms with Crippen LogP contribution in [0.5, 0.6) is 0 Å². The molecule has 2 aromatic carbocycles. The van der Waals surface area contributed by atoms with E-state index in [1.165, 1.54) is 12.7 Å². The molecule has 2 aromatic rings. The summed E-state index contributed by atoms with van der Waals surface area (Å²) in [5.41, 5.74) is 5.70. The fourth-order valence-electron chi connectivity index (χ4n) is 6.57. The number of amides is 2. The van der Waals surface area contributed by atoms with Crippen LogP contribution in [0.2, 0.25) is 0 Å². The first-order chi connectivity index (χ1) is 21.8. The molecule has 5 rings (SSSR count). The smallest absolute Gasteiger partial charge is 0.306 e. The molecule has 45 heavy (non-hydrogen) atoms. The van der Waals surface area contributed by atoms with Crippen LogP contribution in [-0.2, 0) is 14.3 Å². The number of carbonyl (C=O) groups excluding carboxylic acids is 3. The van der Waals surface area contributed by atoms with Gasteiger partial charge >= 0.3 is 5.97 Å². The van der Waals surface area contributed by atoms with Crippen LogP contribution in [0.15, 0.2) is 77.4 Å². The van der Waals surface area contributed by atoms with Crippen LogP contribution in [-0.4, -0.2) is 47.6 Å². The standard InChI is InChI=1S/C36H43N3O4.C2H6/c1-5-24(2)10-9-23-37-25(3)26-15-17-27(18-16-26)36(42)39-31-13-7-6-11-29(31)35(30-12-8-14-32(30)39)38(28-19-20-28)33(40)21-22-34(41)43-4;1-2/h6-7,9-11,13,15-18,23,28,30,32,35H,5,8,12,14,19-22H2,1-4H3;1-2H3/b23-9-,24-10+,37-25?;. The molecule has 3 aliphatic rings. The molecule has 2 aliphatic carbocycles. The highest BCUT2D eigenvalue weighted by molar-refractivity contribution is 6.08. The van der Waals surface area contributed by atoms with E-state index in [2.05, 4.69) is 35.9 Å². The fraction of sp³-hybridized carbons (Fsp3) is 0.474. The predicted octanol–water partition coefficient (Wildman–Crippen LogP) is 8.21. The van der Waals surface area contributed by atoms with E-state index in [4.69, 9.17) is 4.74 Å². The average Bonchev–Trinajstić information content (AvgIpc) is 3.80. The van der Waals surface area contributed by atoms with Crippen molar-refractivity contribution in [2.45, 2.75) is 104 Å². The number of anilines is 1. The molecular formula is C38H49N3O4. The maximum atomic E-state index is 14.2. The lowest BCUT2D eigenvalue weighted by molar-refractivity contribution is -0.145. The lowest BCUT2D eigenvalue weighted by atomic mass is 9.81. The average molecular weight is 612 g/mol. The number of aliphatic imine (C=N–C) groups is 1. The minimum Gasteiger partial charge on any atom is -0.469 e. The Balaban J connectivity index is 0.00000226. The highest BCUT2D eigenvalue weighted by atomic mass is 16.5. The summed E-state index contributed by atoms with van der Waals surface area (Å²) < 4.78 is 4.80.